The molecule has 0 saturated heterocycles. The molecule has 0 spiro atoms. The molecule has 0 saturated carbocycles. The van der Waals surface area contributed by atoms with E-state index in [1.54, 1.807) is 12.4 Å². The Morgan fingerprint density at radius 2 is 2.00 bits per heavy atom. The molecule has 5 nitrogen and oxygen atoms in total. The Morgan fingerprint density at radius 3 is 2.75 bits per heavy atom. The number of anilines is 2. The minimum absolute atomic E-state index is 0.471. The molecular formula is C17H16ClN5S. The fourth-order valence-corrected chi connectivity index (χ4v) is 2.52. The fourth-order valence-electron chi connectivity index (χ4n) is 2.17. The van der Waals surface area contributed by atoms with Crippen LogP contribution >= 0.6 is 23.8 Å². The van der Waals surface area contributed by atoms with Crippen molar-refractivity contribution in [1.29, 1.82) is 0 Å². The summed E-state index contributed by atoms with van der Waals surface area (Å²) >= 11 is 11.2. The molecule has 0 unspecified atom stereocenters. The van der Waals surface area contributed by atoms with Gasteiger partial charge < -0.3 is 10.6 Å². The number of nitrogens with zero attached hydrogens (tertiary/aromatic N) is 3. The lowest BCUT2D eigenvalue weighted by molar-refractivity contribution is 0.687. The summed E-state index contributed by atoms with van der Waals surface area (Å²) in [5, 5.41) is 11.7. The second-order valence-corrected chi connectivity index (χ2v) is 6.20. The molecular weight excluding hydrogens is 342 g/mol. The van der Waals surface area contributed by atoms with Crippen molar-refractivity contribution in [2.24, 2.45) is 0 Å². The van der Waals surface area contributed by atoms with E-state index in [0.717, 1.165) is 21.8 Å². The molecule has 0 aliphatic heterocycles. The van der Waals surface area contributed by atoms with Crippen LogP contribution in [-0.4, -0.2) is 19.9 Å². The molecule has 24 heavy (non-hydrogen) atoms. The number of rotatable bonds is 4. The highest BCUT2D eigenvalue weighted by Crippen LogP contribution is 2.12. The summed E-state index contributed by atoms with van der Waals surface area (Å²) in [5.74, 6) is 0.709. The van der Waals surface area contributed by atoms with E-state index in [-0.39, 0.29) is 0 Å². The predicted molar refractivity (Wildman–Crippen MR) is 102 cm³/mol. The number of benzene rings is 1. The van der Waals surface area contributed by atoms with Gasteiger partial charge in [0, 0.05) is 17.4 Å². The number of thiocarbonyl (C=S) groups is 1. The average molecular weight is 358 g/mol. The molecule has 0 aliphatic rings. The summed E-state index contributed by atoms with van der Waals surface area (Å²) in [5.41, 5.74) is 3.05. The van der Waals surface area contributed by atoms with Crippen LogP contribution in [0.25, 0.3) is 0 Å². The second kappa shape index (κ2) is 7.42. The third kappa shape index (κ3) is 4.53. The SMILES string of the molecule is Cc1ccnc(NC(=S)Nc2cnn(Cc3ccc(Cl)cc3)c2)c1. The maximum Gasteiger partial charge on any atom is 0.176 e. The summed E-state index contributed by atoms with van der Waals surface area (Å²) in [6, 6.07) is 11.6. The van der Waals surface area contributed by atoms with Gasteiger partial charge in [-0.2, -0.15) is 5.10 Å². The van der Waals surface area contributed by atoms with Gasteiger partial charge in [-0.25, -0.2) is 4.98 Å². The van der Waals surface area contributed by atoms with Crippen molar-refractivity contribution in [2.45, 2.75) is 13.5 Å². The van der Waals surface area contributed by atoms with Gasteiger partial charge in [-0.15, -0.1) is 0 Å². The Balaban J connectivity index is 1.59. The smallest absolute Gasteiger partial charge is 0.176 e. The third-order valence-corrected chi connectivity index (χ3v) is 3.76. The average Bonchev–Trinajstić information content (AvgIpc) is 2.96. The molecule has 0 aliphatic carbocycles. The normalized spacial score (nSPS) is 10.4. The molecule has 0 radical (unpaired) electrons. The van der Waals surface area contributed by atoms with Gasteiger partial charge in [0.15, 0.2) is 5.11 Å². The summed E-state index contributed by atoms with van der Waals surface area (Å²) < 4.78 is 1.83. The Labute approximate surface area is 150 Å². The Kier molecular flexibility index (Phi) is 5.08. The predicted octanol–water partition coefficient (Wildman–Crippen LogP) is 4.10. The molecule has 2 aromatic heterocycles. The van der Waals surface area contributed by atoms with Crippen LogP contribution in [0.4, 0.5) is 11.5 Å². The lowest BCUT2D eigenvalue weighted by Crippen LogP contribution is -2.19. The summed E-state index contributed by atoms with van der Waals surface area (Å²) in [6.45, 7) is 2.67. The number of hydrogen-bond donors (Lipinski definition) is 2. The summed E-state index contributed by atoms with van der Waals surface area (Å²) in [7, 11) is 0. The van der Waals surface area contributed by atoms with Gasteiger partial charge >= 0.3 is 0 Å². The third-order valence-electron chi connectivity index (χ3n) is 3.31. The van der Waals surface area contributed by atoms with Crippen LogP contribution in [0.5, 0.6) is 0 Å². The zero-order chi connectivity index (χ0) is 16.9. The topological polar surface area (TPSA) is 54.8 Å². The van der Waals surface area contributed by atoms with Crippen molar-refractivity contribution >= 4 is 40.4 Å². The van der Waals surface area contributed by atoms with E-state index < -0.39 is 0 Å². The van der Waals surface area contributed by atoms with Gasteiger partial charge in [0.05, 0.1) is 18.4 Å². The molecule has 0 bridgehead atoms. The molecule has 122 valence electrons. The molecule has 7 heteroatoms. The number of pyridine rings is 1. The van der Waals surface area contributed by atoms with Crippen LogP contribution in [0.1, 0.15) is 11.1 Å². The van der Waals surface area contributed by atoms with Crippen molar-refractivity contribution in [1.82, 2.24) is 14.8 Å². The van der Waals surface area contributed by atoms with Crippen LogP contribution < -0.4 is 10.6 Å². The molecule has 0 fully saturated rings. The van der Waals surface area contributed by atoms with Gasteiger partial charge in [0.2, 0.25) is 0 Å². The van der Waals surface area contributed by atoms with Gasteiger partial charge in [0.25, 0.3) is 0 Å². The molecule has 2 heterocycles. The first kappa shape index (κ1) is 16.4. The van der Waals surface area contributed by atoms with Crippen molar-refractivity contribution in [3.05, 3.63) is 71.1 Å². The number of aromatic nitrogens is 3. The monoisotopic (exact) mass is 357 g/mol. The zero-order valence-electron chi connectivity index (χ0n) is 13.0. The summed E-state index contributed by atoms with van der Waals surface area (Å²) in [4.78, 5) is 4.22. The Bertz CT molecular complexity index is 844. The minimum atomic E-state index is 0.471. The van der Waals surface area contributed by atoms with Crippen LogP contribution in [0.2, 0.25) is 5.02 Å². The highest BCUT2D eigenvalue weighted by Gasteiger charge is 2.03. The van der Waals surface area contributed by atoms with Crippen molar-refractivity contribution in [3.63, 3.8) is 0 Å². The van der Waals surface area contributed by atoms with Crippen molar-refractivity contribution in [3.8, 4) is 0 Å². The van der Waals surface area contributed by atoms with Crippen LogP contribution in [0.3, 0.4) is 0 Å². The highest BCUT2D eigenvalue weighted by atomic mass is 35.5. The first-order chi connectivity index (χ1) is 11.6. The highest BCUT2D eigenvalue weighted by molar-refractivity contribution is 7.80. The molecule has 2 N–H and O–H groups in total. The van der Waals surface area contributed by atoms with Gasteiger partial charge in [0.1, 0.15) is 5.82 Å². The van der Waals surface area contributed by atoms with E-state index in [1.165, 1.54) is 0 Å². The van der Waals surface area contributed by atoms with Crippen LogP contribution in [0.15, 0.2) is 55.0 Å². The van der Waals surface area contributed by atoms with Crippen LogP contribution in [-0.2, 0) is 6.54 Å². The molecule has 3 aromatic rings. The summed E-state index contributed by atoms with van der Waals surface area (Å²) in [6.07, 6.45) is 5.37. The zero-order valence-corrected chi connectivity index (χ0v) is 14.6. The van der Waals surface area contributed by atoms with Gasteiger partial charge in [-0.1, -0.05) is 23.7 Å². The van der Waals surface area contributed by atoms with E-state index in [2.05, 4.69) is 20.7 Å². The van der Waals surface area contributed by atoms with E-state index in [1.807, 2.05) is 54.2 Å². The van der Waals surface area contributed by atoms with Crippen molar-refractivity contribution in [2.75, 3.05) is 10.6 Å². The minimum Gasteiger partial charge on any atom is -0.330 e. The van der Waals surface area contributed by atoms with Crippen molar-refractivity contribution < 1.29 is 0 Å². The Morgan fingerprint density at radius 1 is 1.21 bits per heavy atom. The number of hydrogen-bond acceptors (Lipinski definition) is 3. The van der Waals surface area contributed by atoms with E-state index >= 15 is 0 Å². The number of halogens is 1. The van der Waals surface area contributed by atoms with Gasteiger partial charge in [-0.3, -0.25) is 4.68 Å². The van der Waals surface area contributed by atoms with E-state index in [0.29, 0.717) is 17.5 Å². The Hall–Kier alpha value is -2.44. The molecule has 0 atom stereocenters. The lowest BCUT2D eigenvalue weighted by Gasteiger charge is -2.08. The maximum absolute atomic E-state index is 5.89. The maximum atomic E-state index is 5.89. The molecule has 0 amide bonds. The fraction of sp³-hybridized carbons (Fsp3) is 0.118. The quantitative estimate of drug-likeness (QED) is 0.688. The number of aryl methyl sites for hydroxylation is 1. The number of nitrogens with one attached hydrogen (secondary N) is 2. The van der Waals surface area contributed by atoms with Gasteiger partial charge in [-0.05, 0) is 54.5 Å². The molecule has 1 aromatic carbocycles. The van der Waals surface area contributed by atoms with E-state index in [4.69, 9.17) is 23.8 Å². The van der Waals surface area contributed by atoms with Crippen LogP contribution in [0, 0.1) is 6.92 Å². The largest absolute Gasteiger partial charge is 0.330 e. The van der Waals surface area contributed by atoms with E-state index in [9.17, 15) is 0 Å². The standard InChI is InChI=1S/C17H16ClN5S/c1-12-6-7-19-16(8-12)22-17(24)21-15-9-20-23(11-15)10-13-2-4-14(18)5-3-13/h2-9,11H,10H2,1H3,(H2,19,21,22,24). The first-order valence-corrected chi connectivity index (χ1v) is 8.15. The second-order valence-electron chi connectivity index (χ2n) is 5.35. The molecule has 3 rings (SSSR count). The lowest BCUT2D eigenvalue weighted by atomic mass is 10.2. The first-order valence-electron chi connectivity index (χ1n) is 7.36.